The average molecular weight is 527 g/mol. The van der Waals surface area contributed by atoms with Crippen molar-refractivity contribution in [2.24, 2.45) is 11.8 Å². The van der Waals surface area contributed by atoms with Gasteiger partial charge in [-0.2, -0.15) is 0 Å². The summed E-state index contributed by atoms with van der Waals surface area (Å²) < 4.78 is 10.1. The summed E-state index contributed by atoms with van der Waals surface area (Å²) in [5, 5.41) is 6.32. The van der Waals surface area contributed by atoms with Crippen LogP contribution in [0, 0.1) is 18.8 Å². The van der Waals surface area contributed by atoms with Gasteiger partial charge in [0.05, 0.1) is 6.61 Å². The monoisotopic (exact) mass is 526 g/mol. The van der Waals surface area contributed by atoms with E-state index in [-0.39, 0.29) is 37.3 Å². The van der Waals surface area contributed by atoms with E-state index in [0.29, 0.717) is 25.0 Å². The topological polar surface area (TPSA) is 133 Å². The molecule has 0 spiro atoms. The molecule has 0 bridgehead atoms. The van der Waals surface area contributed by atoms with Crippen molar-refractivity contribution in [3.63, 3.8) is 0 Å². The SMILES string of the molecule is CCCC[C@H](CC(=O)[C@H](COC)NC(=O)[C@H](C)CC(=O)c1cc(C)on1)C(=O)C(=O)CCc1ccccc1. The Bertz CT molecular complexity index is 1090. The number of hydrogen-bond acceptors (Lipinski definition) is 8. The van der Waals surface area contributed by atoms with Crippen molar-refractivity contribution in [1.82, 2.24) is 10.5 Å². The first kappa shape index (κ1) is 30.8. The highest BCUT2D eigenvalue weighted by molar-refractivity contribution is 6.38. The van der Waals surface area contributed by atoms with Crippen molar-refractivity contribution in [1.29, 1.82) is 0 Å². The minimum Gasteiger partial charge on any atom is -0.382 e. The number of carbonyl (C=O) groups excluding carboxylic acids is 5. The Balaban J connectivity index is 2.00. The normalized spacial score (nSPS) is 13.4. The molecule has 0 aliphatic heterocycles. The zero-order chi connectivity index (χ0) is 28.1. The number of benzene rings is 1. The molecule has 1 N–H and O–H groups in total. The summed E-state index contributed by atoms with van der Waals surface area (Å²) in [6.07, 6.45) is 2.16. The Hall–Kier alpha value is -3.46. The van der Waals surface area contributed by atoms with Crippen molar-refractivity contribution in [3.05, 3.63) is 53.4 Å². The Morgan fingerprint density at radius 1 is 1.08 bits per heavy atom. The molecule has 38 heavy (non-hydrogen) atoms. The van der Waals surface area contributed by atoms with Gasteiger partial charge in [-0.05, 0) is 25.3 Å². The maximum absolute atomic E-state index is 13.2. The van der Waals surface area contributed by atoms with Crippen LogP contribution in [0.3, 0.4) is 0 Å². The van der Waals surface area contributed by atoms with E-state index in [9.17, 15) is 24.0 Å². The molecule has 0 saturated heterocycles. The van der Waals surface area contributed by atoms with Crippen molar-refractivity contribution in [2.45, 2.75) is 71.8 Å². The predicted octanol–water partition coefficient (Wildman–Crippen LogP) is 3.86. The van der Waals surface area contributed by atoms with E-state index in [1.807, 2.05) is 37.3 Å². The lowest BCUT2D eigenvalue weighted by Crippen LogP contribution is -2.47. The molecule has 0 fully saturated rings. The van der Waals surface area contributed by atoms with Gasteiger partial charge in [0.2, 0.25) is 11.7 Å². The summed E-state index contributed by atoms with van der Waals surface area (Å²) in [5.41, 5.74) is 1.10. The van der Waals surface area contributed by atoms with Gasteiger partial charge in [0.15, 0.2) is 17.3 Å². The number of ether oxygens (including phenoxy) is 1. The third kappa shape index (κ3) is 9.78. The highest BCUT2D eigenvalue weighted by Crippen LogP contribution is 2.19. The lowest BCUT2D eigenvalue weighted by Gasteiger charge is -2.22. The number of nitrogens with one attached hydrogen (secondary N) is 1. The Labute approximate surface area is 223 Å². The van der Waals surface area contributed by atoms with Gasteiger partial charge < -0.3 is 14.6 Å². The third-order valence-corrected chi connectivity index (χ3v) is 6.37. The lowest BCUT2D eigenvalue weighted by molar-refractivity contribution is -0.140. The van der Waals surface area contributed by atoms with Crippen molar-refractivity contribution in [3.8, 4) is 0 Å². The number of aryl methyl sites for hydroxylation is 2. The van der Waals surface area contributed by atoms with Crippen LogP contribution in [0.1, 0.15) is 74.2 Å². The van der Waals surface area contributed by atoms with E-state index in [1.54, 1.807) is 13.8 Å². The van der Waals surface area contributed by atoms with Gasteiger partial charge in [-0.1, -0.05) is 62.2 Å². The summed E-state index contributed by atoms with van der Waals surface area (Å²) in [6, 6.07) is 9.93. The van der Waals surface area contributed by atoms with E-state index in [2.05, 4.69) is 10.5 Å². The number of methoxy groups -OCH3 is 1. The zero-order valence-corrected chi connectivity index (χ0v) is 22.7. The van der Waals surface area contributed by atoms with Gasteiger partial charge in [0, 0.05) is 44.3 Å². The van der Waals surface area contributed by atoms with E-state index in [4.69, 9.17) is 9.26 Å². The molecule has 0 saturated carbocycles. The third-order valence-electron chi connectivity index (χ3n) is 6.37. The van der Waals surface area contributed by atoms with Gasteiger partial charge in [-0.15, -0.1) is 0 Å². The molecular weight excluding hydrogens is 488 g/mol. The molecule has 1 amide bonds. The second-order valence-corrected chi connectivity index (χ2v) is 9.65. The molecule has 0 unspecified atom stereocenters. The van der Waals surface area contributed by atoms with Crippen LogP contribution in [0.15, 0.2) is 40.9 Å². The largest absolute Gasteiger partial charge is 0.382 e. The zero-order valence-electron chi connectivity index (χ0n) is 22.7. The number of unbranched alkanes of at least 4 members (excludes halogenated alkanes) is 1. The minimum absolute atomic E-state index is 0.0779. The number of carbonyl (C=O) groups is 5. The summed E-state index contributed by atoms with van der Waals surface area (Å²) >= 11 is 0. The van der Waals surface area contributed by atoms with Crippen LogP contribution in [0.5, 0.6) is 0 Å². The van der Waals surface area contributed by atoms with Gasteiger partial charge in [0.1, 0.15) is 17.5 Å². The average Bonchev–Trinajstić information content (AvgIpc) is 3.35. The first-order chi connectivity index (χ1) is 18.2. The highest BCUT2D eigenvalue weighted by atomic mass is 16.5. The molecule has 206 valence electrons. The number of nitrogens with zero attached hydrogens (tertiary/aromatic N) is 1. The number of hydrogen-bond donors (Lipinski definition) is 1. The molecule has 0 aliphatic carbocycles. The number of amides is 1. The number of rotatable bonds is 18. The molecule has 9 nitrogen and oxygen atoms in total. The molecule has 1 aromatic heterocycles. The van der Waals surface area contributed by atoms with Crippen LogP contribution in [0.4, 0.5) is 0 Å². The fraction of sp³-hybridized carbons (Fsp3) is 0.517. The Morgan fingerprint density at radius 3 is 2.39 bits per heavy atom. The molecule has 0 aliphatic rings. The van der Waals surface area contributed by atoms with Gasteiger partial charge >= 0.3 is 0 Å². The van der Waals surface area contributed by atoms with E-state index >= 15 is 0 Å². The summed E-state index contributed by atoms with van der Waals surface area (Å²) in [7, 11) is 1.40. The second kappa shape index (κ2) is 15.7. The highest BCUT2D eigenvalue weighted by Gasteiger charge is 2.31. The quantitative estimate of drug-likeness (QED) is 0.229. The van der Waals surface area contributed by atoms with E-state index in [1.165, 1.54) is 13.2 Å². The Kier molecular flexibility index (Phi) is 12.7. The smallest absolute Gasteiger partial charge is 0.223 e. The van der Waals surface area contributed by atoms with E-state index in [0.717, 1.165) is 12.0 Å². The summed E-state index contributed by atoms with van der Waals surface area (Å²) in [6.45, 7) is 5.12. The predicted molar refractivity (Wildman–Crippen MR) is 141 cm³/mol. The van der Waals surface area contributed by atoms with Gasteiger partial charge in [-0.3, -0.25) is 24.0 Å². The van der Waals surface area contributed by atoms with Crippen LogP contribution >= 0.6 is 0 Å². The maximum atomic E-state index is 13.2. The molecule has 9 heteroatoms. The van der Waals surface area contributed by atoms with Crippen molar-refractivity contribution >= 4 is 29.0 Å². The molecule has 1 heterocycles. The maximum Gasteiger partial charge on any atom is 0.223 e. The standard InChI is InChI=1S/C29H38N2O7/c1-5-6-12-22(28(35)25(32)14-13-21-10-8-7-9-11-21)17-27(34)24(18-37-4)30-29(36)19(2)15-26(33)23-16-20(3)38-31-23/h7-11,16,19,22,24H,5-6,12-15,17-18H2,1-4H3,(H,30,36)/t19-,22-,24+/m1/s1. The van der Waals surface area contributed by atoms with Crippen molar-refractivity contribution < 1.29 is 33.2 Å². The van der Waals surface area contributed by atoms with Crippen LogP contribution in [-0.2, 0) is 30.3 Å². The summed E-state index contributed by atoms with van der Waals surface area (Å²) in [4.78, 5) is 64.0. The molecule has 1 aromatic carbocycles. The fourth-order valence-electron chi connectivity index (χ4n) is 4.08. The number of Topliss-reactive ketones (excluding diaryl/α,β-unsaturated/α-hetero) is 4. The molecule has 2 rings (SSSR count). The second-order valence-electron chi connectivity index (χ2n) is 9.65. The molecule has 2 aromatic rings. The molecule has 0 radical (unpaired) electrons. The lowest BCUT2D eigenvalue weighted by atomic mass is 9.87. The minimum atomic E-state index is -1.00. The molecule has 3 atom stereocenters. The summed E-state index contributed by atoms with van der Waals surface area (Å²) in [5.74, 6) is -3.28. The fourth-order valence-corrected chi connectivity index (χ4v) is 4.08. The van der Waals surface area contributed by atoms with Crippen LogP contribution in [-0.4, -0.2) is 54.0 Å². The molecular formula is C29H38N2O7. The van der Waals surface area contributed by atoms with E-state index < -0.39 is 41.1 Å². The van der Waals surface area contributed by atoms with Gasteiger partial charge in [0.25, 0.3) is 0 Å². The first-order valence-corrected chi connectivity index (χ1v) is 13.1. The first-order valence-electron chi connectivity index (χ1n) is 13.1. The van der Waals surface area contributed by atoms with Gasteiger partial charge in [-0.25, -0.2) is 0 Å². The Morgan fingerprint density at radius 2 is 1.79 bits per heavy atom. The van der Waals surface area contributed by atoms with Crippen LogP contribution in [0.25, 0.3) is 0 Å². The number of ketones is 4. The van der Waals surface area contributed by atoms with Crippen LogP contribution in [0.2, 0.25) is 0 Å². The van der Waals surface area contributed by atoms with Crippen molar-refractivity contribution in [2.75, 3.05) is 13.7 Å². The number of aromatic nitrogens is 1. The van der Waals surface area contributed by atoms with Crippen LogP contribution < -0.4 is 5.32 Å².